The van der Waals surface area contributed by atoms with E-state index in [4.69, 9.17) is 9.47 Å². The molecule has 0 heterocycles. The molecule has 5 unspecified atom stereocenters. The summed E-state index contributed by atoms with van der Waals surface area (Å²) in [5.74, 6) is 2.66. The van der Waals surface area contributed by atoms with Gasteiger partial charge in [-0.25, -0.2) is 4.79 Å². The summed E-state index contributed by atoms with van der Waals surface area (Å²) in [7, 11) is 1.46. The molecular formula is C32H46O5. The van der Waals surface area contributed by atoms with Crippen LogP contribution in [0.15, 0.2) is 30.3 Å². The van der Waals surface area contributed by atoms with Gasteiger partial charge >= 0.3 is 11.9 Å². The zero-order valence-corrected chi connectivity index (χ0v) is 23.2. The lowest BCUT2D eigenvalue weighted by molar-refractivity contribution is -0.176. The number of carbonyl (C=O) groups is 2. The molecule has 4 aliphatic rings. The molecule has 10 atom stereocenters. The fourth-order valence-electron chi connectivity index (χ4n) is 9.73. The van der Waals surface area contributed by atoms with Gasteiger partial charge in [0, 0.05) is 11.8 Å². The standard InChI is InChI=1S/C32H46O5/c1-20(10-15-29(34)36-4)25-13-14-26-24-12-11-22-18-23(33)16-17-31(22,2)27(24)19-28(32(25,26)3)37-30(35)21-8-6-5-7-9-21/h5-9,20,22-28,33H,10-19H2,1-4H3/t20?,22-,23-,24?,25?,26?,27?,28+,31+,32-/m0/s1. The van der Waals surface area contributed by atoms with Gasteiger partial charge < -0.3 is 14.6 Å². The van der Waals surface area contributed by atoms with Crippen LogP contribution >= 0.6 is 0 Å². The minimum atomic E-state index is -0.214. The Kier molecular flexibility index (Phi) is 7.48. The Hall–Kier alpha value is -1.88. The minimum absolute atomic E-state index is 0.0987. The molecule has 1 N–H and O–H groups in total. The van der Waals surface area contributed by atoms with Crippen molar-refractivity contribution in [3.8, 4) is 0 Å². The van der Waals surface area contributed by atoms with Gasteiger partial charge in [0.25, 0.3) is 0 Å². The number of esters is 2. The largest absolute Gasteiger partial charge is 0.469 e. The highest BCUT2D eigenvalue weighted by atomic mass is 16.5. The van der Waals surface area contributed by atoms with Crippen molar-refractivity contribution >= 4 is 11.9 Å². The van der Waals surface area contributed by atoms with Crippen molar-refractivity contribution in [2.75, 3.05) is 7.11 Å². The first-order valence-corrected chi connectivity index (χ1v) is 14.7. The fraction of sp³-hybridized carbons (Fsp3) is 0.750. The summed E-state index contributed by atoms with van der Waals surface area (Å²) in [5.41, 5.74) is 0.722. The third-order valence-electron chi connectivity index (χ3n) is 11.8. The van der Waals surface area contributed by atoms with Crippen molar-refractivity contribution in [3.63, 3.8) is 0 Å². The second-order valence-electron chi connectivity index (χ2n) is 13.2. The highest BCUT2D eigenvalue weighted by Gasteiger charge is 2.65. The van der Waals surface area contributed by atoms with Crippen molar-refractivity contribution in [3.05, 3.63) is 35.9 Å². The molecule has 0 aromatic heterocycles. The van der Waals surface area contributed by atoms with Gasteiger partial charge in [-0.1, -0.05) is 39.0 Å². The predicted octanol–water partition coefficient (Wildman–Crippen LogP) is 6.43. The maximum Gasteiger partial charge on any atom is 0.338 e. The zero-order chi connectivity index (χ0) is 26.4. The molecule has 0 amide bonds. The molecular weight excluding hydrogens is 464 g/mol. The van der Waals surface area contributed by atoms with Crippen molar-refractivity contribution in [2.24, 2.45) is 46.3 Å². The van der Waals surface area contributed by atoms with E-state index in [0.29, 0.717) is 47.5 Å². The third kappa shape index (κ3) is 4.64. The van der Waals surface area contributed by atoms with E-state index < -0.39 is 0 Å². The van der Waals surface area contributed by atoms with Crippen molar-refractivity contribution in [2.45, 2.75) is 97.2 Å². The zero-order valence-electron chi connectivity index (χ0n) is 23.2. The predicted molar refractivity (Wildman–Crippen MR) is 143 cm³/mol. The topological polar surface area (TPSA) is 72.8 Å². The molecule has 4 saturated carbocycles. The van der Waals surface area contributed by atoms with Crippen LogP contribution in [0.3, 0.4) is 0 Å². The summed E-state index contributed by atoms with van der Waals surface area (Å²) in [5, 5.41) is 10.4. The summed E-state index contributed by atoms with van der Waals surface area (Å²) in [6.07, 6.45) is 9.48. The summed E-state index contributed by atoms with van der Waals surface area (Å²) >= 11 is 0. The van der Waals surface area contributed by atoms with E-state index >= 15 is 0 Å². The SMILES string of the molecule is COC(=O)CCC(C)C1CCC2C3CC[C@H]4C[C@@H](O)CC[C@@]4(C)C3C[C@@H](OC(=O)c3ccccc3)[C@@]12C. The maximum absolute atomic E-state index is 13.4. The first-order chi connectivity index (χ1) is 17.7. The highest BCUT2D eigenvalue weighted by Crippen LogP contribution is 2.69. The van der Waals surface area contributed by atoms with E-state index in [1.165, 1.54) is 26.4 Å². The quantitative estimate of drug-likeness (QED) is 0.447. The molecule has 5 nitrogen and oxygen atoms in total. The minimum Gasteiger partial charge on any atom is -0.469 e. The smallest absolute Gasteiger partial charge is 0.338 e. The summed E-state index contributed by atoms with van der Waals surface area (Å²) < 4.78 is 11.5. The summed E-state index contributed by atoms with van der Waals surface area (Å²) in [4.78, 5) is 25.4. The molecule has 0 bridgehead atoms. The Labute approximate surface area is 222 Å². The molecule has 37 heavy (non-hydrogen) atoms. The van der Waals surface area contributed by atoms with E-state index in [1.807, 2.05) is 30.3 Å². The number of methoxy groups -OCH3 is 1. The van der Waals surface area contributed by atoms with Crippen LogP contribution in [0.5, 0.6) is 0 Å². The van der Waals surface area contributed by atoms with E-state index in [1.54, 1.807) is 0 Å². The molecule has 204 valence electrons. The van der Waals surface area contributed by atoms with Gasteiger partial charge in [0.15, 0.2) is 0 Å². The second kappa shape index (κ2) is 10.4. The molecule has 0 aliphatic heterocycles. The first kappa shape index (κ1) is 26.7. The summed E-state index contributed by atoms with van der Waals surface area (Å²) in [6, 6.07) is 9.41. The average Bonchev–Trinajstić information content (AvgIpc) is 3.26. The first-order valence-electron chi connectivity index (χ1n) is 14.7. The molecule has 5 rings (SSSR count). The Morgan fingerprint density at radius 2 is 1.78 bits per heavy atom. The van der Waals surface area contributed by atoms with Crippen LogP contribution in [0.25, 0.3) is 0 Å². The molecule has 1 aromatic rings. The monoisotopic (exact) mass is 510 g/mol. The van der Waals surface area contributed by atoms with Gasteiger partial charge in [0.05, 0.1) is 18.8 Å². The number of benzene rings is 1. The molecule has 4 aliphatic carbocycles. The number of hydrogen-bond acceptors (Lipinski definition) is 5. The Balaban J connectivity index is 1.46. The second-order valence-corrected chi connectivity index (χ2v) is 13.2. The Bertz CT molecular complexity index is 977. The number of hydrogen-bond donors (Lipinski definition) is 1. The van der Waals surface area contributed by atoms with E-state index in [0.717, 1.165) is 38.5 Å². The van der Waals surface area contributed by atoms with Gasteiger partial charge in [0.2, 0.25) is 0 Å². The lowest BCUT2D eigenvalue weighted by atomic mass is 9.43. The lowest BCUT2D eigenvalue weighted by Gasteiger charge is -2.62. The molecule has 0 spiro atoms. The number of aliphatic hydroxyl groups excluding tert-OH is 1. The van der Waals surface area contributed by atoms with Gasteiger partial charge in [-0.3, -0.25) is 4.79 Å². The summed E-state index contributed by atoms with van der Waals surface area (Å²) in [6.45, 7) is 7.16. The van der Waals surface area contributed by atoms with Gasteiger partial charge in [-0.2, -0.15) is 0 Å². The van der Waals surface area contributed by atoms with Gasteiger partial charge in [-0.15, -0.1) is 0 Å². The number of rotatable bonds is 6. The molecule has 0 radical (unpaired) electrons. The average molecular weight is 511 g/mol. The number of ether oxygens (including phenoxy) is 2. The van der Waals surface area contributed by atoms with Gasteiger partial charge in [0.1, 0.15) is 6.10 Å². The maximum atomic E-state index is 13.4. The molecule has 1 aromatic carbocycles. The van der Waals surface area contributed by atoms with Crippen LogP contribution in [0, 0.1) is 46.3 Å². The molecule has 4 fully saturated rings. The number of fused-ring (bicyclic) bond motifs is 5. The highest BCUT2D eigenvalue weighted by molar-refractivity contribution is 5.89. The van der Waals surface area contributed by atoms with Crippen molar-refractivity contribution in [1.29, 1.82) is 0 Å². The Morgan fingerprint density at radius 1 is 1.03 bits per heavy atom. The van der Waals surface area contributed by atoms with E-state index in [-0.39, 0.29) is 35.0 Å². The van der Waals surface area contributed by atoms with Crippen LogP contribution in [-0.4, -0.2) is 36.4 Å². The van der Waals surface area contributed by atoms with E-state index in [2.05, 4.69) is 20.8 Å². The van der Waals surface area contributed by atoms with Crippen LogP contribution in [-0.2, 0) is 14.3 Å². The molecule has 0 saturated heterocycles. The normalized spacial score (nSPS) is 41.6. The molecule has 5 heteroatoms. The van der Waals surface area contributed by atoms with E-state index in [9.17, 15) is 14.7 Å². The third-order valence-corrected chi connectivity index (χ3v) is 11.8. The van der Waals surface area contributed by atoms with Crippen LogP contribution < -0.4 is 0 Å². The number of carbonyl (C=O) groups excluding carboxylic acids is 2. The number of aliphatic hydroxyl groups is 1. The van der Waals surface area contributed by atoms with Crippen molar-refractivity contribution < 1.29 is 24.2 Å². The Morgan fingerprint density at radius 3 is 2.51 bits per heavy atom. The van der Waals surface area contributed by atoms with Crippen molar-refractivity contribution in [1.82, 2.24) is 0 Å². The van der Waals surface area contributed by atoms with Crippen LogP contribution in [0.2, 0.25) is 0 Å². The fourth-order valence-corrected chi connectivity index (χ4v) is 9.73. The van der Waals surface area contributed by atoms with Crippen LogP contribution in [0.4, 0.5) is 0 Å². The van der Waals surface area contributed by atoms with Gasteiger partial charge in [-0.05, 0) is 111 Å². The van der Waals surface area contributed by atoms with Crippen LogP contribution in [0.1, 0.15) is 95.3 Å². The lowest BCUT2D eigenvalue weighted by Crippen LogP contribution is -2.59.